The zero-order valence-corrected chi connectivity index (χ0v) is 15.9. The molecule has 2 rings (SSSR count). The van der Waals surface area contributed by atoms with Crippen molar-refractivity contribution in [2.75, 3.05) is 5.32 Å². The lowest BCUT2D eigenvalue weighted by molar-refractivity contribution is -0.115. The van der Waals surface area contributed by atoms with Gasteiger partial charge in [-0.2, -0.15) is 0 Å². The molecule has 0 aliphatic heterocycles. The molecule has 0 saturated carbocycles. The van der Waals surface area contributed by atoms with Crippen LogP contribution in [-0.4, -0.2) is 26.4 Å². The first-order valence-electron chi connectivity index (χ1n) is 8.42. The van der Waals surface area contributed by atoms with Crippen LogP contribution < -0.4 is 5.32 Å². The third-order valence-electron chi connectivity index (χ3n) is 4.23. The van der Waals surface area contributed by atoms with Crippen LogP contribution in [0.25, 0.3) is 0 Å². The standard InChI is InChI=1S/C20H23NO4S/c1-4-16-9-5-7-13(2)18(16)21-19(22)14(3)26(25)12-15-8-6-10-17(11-15)20(23)24/h5-11,14H,4,12H2,1-3H3,(H,21,22)(H,23,24). The summed E-state index contributed by atoms with van der Waals surface area (Å²) in [6.07, 6.45) is 0.788. The maximum absolute atomic E-state index is 12.6. The molecule has 0 spiro atoms. The second-order valence-electron chi connectivity index (χ2n) is 6.12. The molecule has 0 aliphatic carbocycles. The van der Waals surface area contributed by atoms with Gasteiger partial charge in [-0.3, -0.25) is 9.00 Å². The number of carbonyl (C=O) groups excluding carboxylic acids is 1. The first kappa shape index (κ1) is 19.8. The fraction of sp³-hybridized carbons (Fsp3) is 0.300. The van der Waals surface area contributed by atoms with Crippen LogP contribution in [0.5, 0.6) is 0 Å². The minimum Gasteiger partial charge on any atom is -0.478 e. The number of aromatic carboxylic acids is 1. The van der Waals surface area contributed by atoms with Crippen LogP contribution in [0, 0.1) is 6.92 Å². The number of nitrogens with one attached hydrogen (secondary N) is 1. The summed E-state index contributed by atoms with van der Waals surface area (Å²) >= 11 is 0. The zero-order valence-electron chi connectivity index (χ0n) is 15.1. The number of carboxylic acids is 1. The van der Waals surface area contributed by atoms with E-state index in [4.69, 9.17) is 5.11 Å². The normalized spacial score (nSPS) is 13.0. The Morgan fingerprint density at radius 1 is 1.19 bits per heavy atom. The van der Waals surface area contributed by atoms with Gasteiger partial charge >= 0.3 is 5.97 Å². The Bertz CT molecular complexity index is 847. The van der Waals surface area contributed by atoms with E-state index in [2.05, 4.69) is 5.32 Å². The van der Waals surface area contributed by atoms with Gasteiger partial charge in [0.25, 0.3) is 0 Å². The van der Waals surface area contributed by atoms with Crippen LogP contribution in [0.4, 0.5) is 5.69 Å². The van der Waals surface area contributed by atoms with E-state index in [1.807, 2.05) is 32.0 Å². The third-order valence-corrected chi connectivity index (χ3v) is 5.86. The molecule has 138 valence electrons. The van der Waals surface area contributed by atoms with Crippen molar-refractivity contribution < 1.29 is 18.9 Å². The van der Waals surface area contributed by atoms with Crippen molar-refractivity contribution in [3.05, 3.63) is 64.7 Å². The molecule has 2 aromatic carbocycles. The van der Waals surface area contributed by atoms with Gasteiger partial charge in [-0.1, -0.05) is 37.3 Å². The molecule has 2 unspecified atom stereocenters. The first-order valence-corrected chi connectivity index (χ1v) is 9.80. The number of rotatable bonds is 7. The average molecular weight is 373 g/mol. The van der Waals surface area contributed by atoms with Crippen LogP contribution in [0.3, 0.4) is 0 Å². The molecule has 0 heterocycles. The molecule has 2 N–H and O–H groups in total. The highest BCUT2D eigenvalue weighted by molar-refractivity contribution is 7.85. The van der Waals surface area contributed by atoms with Crippen LogP contribution in [-0.2, 0) is 27.8 Å². The Balaban J connectivity index is 2.10. The van der Waals surface area contributed by atoms with E-state index in [1.165, 1.54) is 12.1 Å². The molecule has 2 aromatic rings. The van der Waals surface area contributed by atoms with Crippen LogP contribution in [0.1, 0.15) is 40.9 Å². The van der Waals surface area contributed by atoms with Gasteiger partial charge in [-0.15, -0.1) is 0 Å². The first-order chi connectivity index (χ1) is 12.3. The van der Waals surface area contributed by atoms with E-state index in [9.17, 15) is 13.8 Å². The molecule has 0 aromatic heterocycles. The minimum absolute atomic E-state index is 0.129. The lowest BCUT2D eigenvalue weighted by Gasteiger charge is -2.16. The van der Waals surface area contributed by atoms with E-state index in [0.717, 1.165) is 23.2 Å². The fourth-order valence-electron chi connectivity index (χ4n) is 2.63. The molecule has 1 amide bonds. The zero-order chi connectivity index (χ0) is 19.3. The quantitative estimate of drug-likeness (QED) is 0.778. The Hall–Kier alpha value is -2.47. The number of amides is 1. The van der Waals surface area contributed by atoms with Crippen molar-refractivity contribution >= 4 is 28.4 Å². The molecular weight excluding hydrogens is 350 g/mol. The molecule has 0 saturated heterocycles. The number of benzene rings is 2. The van der Waals surface area contributed by atoms with Crippen molar-refractivity contribution in [1.82, 2.24) is 0 Å². The van der Waals surface area contributed by atoms with Gasteiger partial charge in [0.2, 0.25) is 5.91 Å². The molecule has 6 heteroatoms. The highest BCUT2D eigenvalue weighted by atomic mass is 32.2. The molecule has 0 aliphatic rings. The maximum atomic E-state index is 12.6. The van der Waals surface area contributed by atoms with Gasteiger partial charge in [0.05, 0.1) is 5.56 Å². The van der Waals surface area contributed by atoms with Gasteiger partial charge in [0, 0.05) is 22.2 Å². The Labute approximate surface area is 155 Å². The largest absolute Gasteiger partial charge is 0.478 e. The van der Waals surface area contributed by atoms with Crippen LogP contribution in [0.2, 0.25) is 0 Å². The topological polar surface area (TPSA) is 83.5 Å². The van der Waals surface area contributed by atoms with Crippen molar-refractivity contribution in [3.63, 3.8) is 0 Å². The second kappa shape index (κ2) is 8.76. The lowest BCUT2D eigenvalue weighted by atomic mass is 10.1. The molecule has 0 fully saturated rings. The Morgan fingerprint density at radius 3 is 2.54 bits per heavy atom. The summed E-state index contributed by atoms with van der Waals surface area (Å²) < 4.78 is 12.6. The lowest BCUT2D eigenvalue weighted by Crippen LogP contribution is -2.30. The van der Waals surface area contributed by atoms with Crippen molar-refractivity contribution in [2.24, 2.45) is 0 Å². The Morgan fingerprint density at radius 2 is 1.88 bits per heavy atom. The van der Waals surface area contributed by atoms with E-state index < -0.39 is 22.0 Å². The number of anilines is 1. The van der Waals surface area contributed by atoms with Crippen LogP contribution >= 0.6 is 0 Å². The molecule has 0 bridgehead atoms. The highest BCUT2D eigenvalue weighted by Crippen LogP contribution is 2.22. The number of carbonyl (C=O) groups is 2. The van der Waals surface area contributed by atoms with Gasteiger partial charge in [0.15, 0.2) is 0 Å². The van der Waals surface area contributed by atoms with E-state index in [0.29, 0.717) is 5.56 Å². The molecule has 5 nitrogen and oxygen atoms in total. The summed E-state index contributed by atoms with van der Waals surface area (Å²) in [5.41, 5.74) is 3.55. The van der Waals surface area contributed by atoms with E-state index >= 15 is 0 Å². The second-order valence-corrected chi connectivity index (χ2v) is 7.88. The van der Waals surface area contributed by atoms with Gasteiger partial charge in [0.1, 0.15) is 5.25 Å². The van der Waals surface area contributed by atoms with Crippen molar-refractivity contribution in [2.45, 2.75) is 38.2 Å². The summed E-state index contributed by atoms with van der Waals surface area (Å²) in [5.74, 6) is -1.21. The summed E-state index contributed by atoms with van der Waals surface area (Å²) in [7, 11) is -1.46. The molecule has 2 atom stereocenters. The van der Waals surface area contributed by atoms with Gasteiger partial charge in [-0.25, -0.2) is 4.79 Å². The van der Waals surface area contributed by atoms with Crippen molar-refractivity contribution in [1.29, 1.82) is 0 Å². The smallest absolute Gasteiger partial charge is 0.335 e. The summed E-state index contributed by atoms with van der Waals surface area (Å²) in [6.45, 7) is 5.56. The molecule has 26 heavy (non-hydrogen) atoms. The number of hydrogen-bond donors (Lipinski definition) is 2. The maximum Gasteiger partial charge on any atom is 0.335 e. The predicted octanol–water partition coefficient (Wildman–Crippen LogP) is 3.53. The highest BCUT2D eigenvalue weighted by Gasteiger charge is 2.22. The van der Waals surface area contributed by atoms with Crippen molar-refractivity contribution in [3.8, 4) is 0 Å². The summed E-state index contributed by atoms with van der Waals surface area (Å²) in [4.78, 5) is 23.6. The fourth-order valence-corrected chi connectivity index (χ4v) is 3.69. The number of carboxylic acid groups (broad SMARTS) is 1. The molecular formula is C20H23NO4S. The average Bonchev–Trinajstić information content (AvgIpc) is 2.62. The predicted molar refractivity (Wildman–Crippen MR) is 104 cm³/mol. The van der Waals surface area contributed by atoms with Gasteiger partial charge < -0.3 is 10.4 Å². The third kappa shape index (κ3) is 4.79. The number of hydrogen-bond acceptors (Lipinski definition) is 3. The minimum atomic E-state index is -1.46. The summed E-state index contributed by atoms with van der Waals surface area (Å²) in [5, 5.41) is 11.2. The van der Waals surface area contributed by atoms with Gasteiger partial charge in [-0.05, 0) is 49.1 Å². The number of para-hydroxylation sites is 1. The van der Waals surface area contributed by atoms with E-state index in [-0.39, 0.29) is 17.2 Å². The molecule has 0 radical (unpaired) electrons. The monoisotopic (exact) mass is 373 g/mol. The Kier molecular flexibility index (Phi) is 6.69. The van der Waals surface area contributed by atoms with E-state index in [1.54, 1.807) is 19.1 Å². The number of aryl methyl sites for hydroxylation is 2. The van der Waals surface area contributed by atoms with Crippen LogP contribution in [0.15, 0.2) is 42.5 Å². The SMILES string of the molecule is CCc1cccc(C)c1NC(=O)C(C)S(=O)Cc1cccc(C(=O)O)c1. The summed E-state index contributed by atoms with van der Waals surface area (Å²) in [6, 6.07) is 12.1.